The average Bonchev–Trinajstić information content (AvgIpc) is 2.98. The van der Waals surface area contributed by atoms with Crippen molar-refractivity contribution in [2.24, 2.45) is 0 Å². The number of phenolic OH excluding ortho intramolecular Hbond substituents is 1. The number of piperazine rings is 1. The molecule has 5 heteroatoms. The van der Waals surface area contributed by atoms with Crippen LogP contribution < -0.4 is 5.32 Å². The smallest absolute Gasteiger partial charge is 0.120 e. The van der Waals surface area contributed by atoms with Crippen LogP contribution in [0.15, 0.2) is 40.2 Å². The molecule has 3 nitrogen and oxygen atoms in total. The molecule has 0 aliphatic carbocycles. The number of nitrogens with zero attached hydrogens (tertiary/aromatic N) is 1. The number of nitrogens with one attached hydrogen (secondary N) is 1. The van der Waals surface area contributed by atoms with Crippen LogP contribution >= 0.6 is 27.3 Å². The lowest BCUT2D eigenvalue weighted by Crippen LogP contribution is -2.45. The molecule has 0 unspecified atom stereocenters. The first kappa shape index (κ1) is 14.1. The molecule has 1 aromatic carbocycles. The summed E-state index contributed by atoms with van der Waals surface area (Å²) in [6, 6.07) is 10.0. The van der Waals surface area contributed by atoms with Gasteiger partial charge in [-0.3, -0.25) is 4.90 Å². The summed E-state index contributed by atoms with van der Waals surface area (Å²) in [4.78, 5) is 3.71. The minimum Gasteiger partial charge on any atom is -0.508 e. The number of hydrogen-bond donors (Lipinski definition) is 2. The Hall–Kier alpha value is -0.880. The highest BCUT2D eigenvalue weighted by Gasteiger charge is 2.26. The SMILES string of the molecule is Oc1ccc(Br)cc1[C@@H](c1cccs1)N1CCNCC1. The largest absolute Gasteiger partial charge is 0.508 e. The van der Waals surface area contributed by atoms with Gasteiger partial charge in [-0.1, -0.05) is 22.0 Å². The van der Waals surface area contributed by atoms with Crippen LogP contribution in [0.4, 0.5) is 0 Å². The number of halogens is 1. The number of benzene rings is 1. The Kier molecular flexibility index (Phi) is 4.41. The summed E-state index contributed by atoms with van der Waals surface area (Å²) in [5.74, 6) is 0.366. The molecule has 1 aliphatic rings. The quantitative estimate of drug-likeness (QED) is 0.890. The number of aromatic hydroxyl groups is 1. The molecule has 1 fully saturated rings. The van der Waals surface area contributed by atoms with E-state index in [-0.39, 0.29) is 6.04 Å². The van der Waals surface area contributed by atoms with E-state index in [0.717, 1.165) is 36.2 Å². The van der Waals surface area contributed by atoms with Gasteiger partial charge in [0.1, 0.15) is 5.75 Å². The van der Waals surface area contributed by atoms with E-state index in [1.165, 1.54) is 4.88 Å². The highest BCUT2D eigenvalue weighted by molar-refractivity contribution is 9.10. The minimum absolute atomic E-state index is 0.134. The first-order chi connectivity index (χ1) is 9.75. The Balaban J connectivity index is 2.02. The predicted molar refractivity (Wildman–Crippen MR) is 86.4 cm³/mol. The third kappa shape index (κ3) is 2.91. The molecule has 2 heterocycles. The van der Waals surface area contributed by atoms with Crippen molar-refractivity contribution in [3.63, 3.8) is 0 Å². The number of phenols is 1. The minimum atomic E-state index is 0.134. The van der Waals surface area contributed by atoms with Crippen molar-refractivity contribution in [2.75, 3.05) is 26.2 Å². The second kappa shape index (κ2) is 6.26. The van der Waals surface area contributed by atoms with Crippen molar-refractivity contribution in [3.05, 3.63) is 50.6 Å². The number of hydrogen-bond acceptors (Lipinski definition) is 4. The molecule has 1 aliphatic heterocycles. The first-order valence-electron chi connectivity index (χ1n) is 6.72. The van der Waals surface area contributed by atoms with Gasteiger partial charge in [0.05, 0.1) is 6.04 Å². The van der Waals surface area contributed by atoms with Gasteiger partial charge in [0.2, 0.25) is 0 Å². The summed E-state index contributed by atoms with van der Waals surface area (Å²) >= 11 is 5.26. The van der Waals surface area contributed by atoms with Crippen LogP contribution in [0.3, 0.4) is 0 Å². The van der Waals surface area contributed by atoms with E-state index in [1.54, 1.807) is 17.4 Å². The first-order valence-corrected chi connectivity index (χ1v) is 8.39. The Labute approximate surface area is 131 Å². The maximum atomic E-state index is 10.3. The Morgan fingerprint density at radius 2 is 2.05 bits per heavy atom. The van der Waals surface area contributed by atoms with Crippen molar-refractivity contribution < 1.29 is 5.11 Å². The van der Waals surface area contributed by atoms with E-state index >= 15 is 0 Å². The Morgan fingerprint density at radius 1 is 1.25 bits per heavy atom. The molecular weight excluding hydrogens is 336 g/mol. The van der Waals surface area contributed by atoms with Gasteiger partial charge in [-0.15, -0.1) is 11.3 Å². The Morgan fingerprint density at radius 3 is 2.75 bits per heavy atom. The summed E-state index contributed by atoms with van der Waals surface area (Å²) in [7, 11) is 0. The zero-order valence-corrected chi connectivity index (χ0v) is 13.5. The number of rotatable bonds is 3. The maximum absolute atomic E-state index is 10.3. The van der Waals surface area contributed by atoms with Crippen LogP contribution in [0.5, 0.6) is 5.75 Å². The van der Waals surface area contributed by atoms with Crippen molar-refractivity contribution in [3.8, 4) is 5.75 Å². The third-order valence-corrected chi connectivity index (χ3v) is 5.03. The van der Waals surface area contributed by atoms with Gasteiger partial charge in [0.25, 0.3) is 0 Å². The van der Waals surface area contributed by atoms with Gasteiger partial charge in [-0.05, 0) is 29.6 Å². The summed E-state index contributed by atoms with van der Waals surface area (Å²) in [6.07, 6.45) is 0. The molecule has 1 aromatic heterocycles. The van der Waals surface area contributed by atoms with Gasteiger partial charge in [-0.2, -0.15) is 0 Å². The molecule has 3 rings (SSSR count). The zero-order chi connectivity index (χ0) is 13.9. The summed E-state index contributed by atoms with van der Waals surface area (Å²) in [6.45, 7) is 3.98. The van der Waals surface area contributed by atoms with Crippen LogP contribution in [0.25, 0.3) is 0 Å². The highest BCUT2D eigenvalue weighted by atomic mass is 79.9. The molecule has 0 bridgehead atoms. The van der Waals surface area contributed by atoms with Gasteiger partial charge in [0, 0.05) is 41.1 Å². The third-order valence-electron chi connectivity index (χ3n) is 3.61. The monoisotopic (exact) mass is 352 g/mol. The van der Waals surface area contributed by atoms with E-state index in [2.05, 4.69) is 43.7 Å². The molecule has 0 spiro atoms. The van der Waals surface area contributed by atoms with Crippen LogP contribution in [-0.2, 0) is 0 Å². The van der Waals surface area contributed by atoms with Gasteiger partial charge < -0.3 is 10.4 Å². The van der Waals surface area contributed by atoms with Crippen LogP contribution in [0.2, 0.25) is 0 Å². The number of thiophene rings is 1. The maximum Gasteiger partial charge on any atom is 0.120 e. The lowest BCUT2D eigenvalue weighted by molar-refractivity contribution is 0.198. The van der Waals surface area contributed by atoms with Crippen molar-refractivity contribution in [2.45, 2.75) is 6.04 Å². The fourth-order valence-electron chi connectivity index (χ4n) is 2.66. The van der Waals surface area contributed by atoms with E-state index < -0.39 is 0 Å². The molecule has 20 heavy (non-hydrogen) atoms. The van der Waals surface area contributed by atoms with Crippen molar-refractivity contribution >= 4 is 27.3 Å². The van der Waals surface area contributed by atoms with Crippen LogP contribution in [0, 0.1) is 0 Å². The highest BCUT2D eigenvalue weighted by Crippen LogP contribution is 2.37. The second-order valence-corrected chi connectivity index (χ2v) is 6.80. The molecule has 1 atom stereocenters. The van der Waals surface area contributed by atoms with Crippen LogP contribution in [-0.4, -0.2) is 36.2 Å². The predicted octanol–water partition coefficient (Wildman–Crippen LogP) is 3.21. The van der Waals surface area contributed by atoms with E-state index in [1.807, 2.05) is 12.1 Å². The summed E-state index contributed by atoms with van der Waals surface area (Å²) < 4.78 is 1.00. The van der Waals surface area contributed by atoms with Gasteiger partial charge in [-0.25, -0.2) is 0 Å². The average molecular weight is 353 g/mol. The normalized spacial score (nSPS) is 18.1. The topological polar surface area (TPSA) is 35.5 Å². The second-order valence-electron chi connectivity index (χ2n) is 4.91. The summed E-state index contributed by atoms with van der Waals surface area (Å²) in [5.41, 5.74) is 0.976. The van der Waals surface area contributed by atoms with E-state index in [9.17, 15) is 5.11 Å². The fraction of sp³-hybridized carbons (Fsp3) is 0.333. The molecular formula is C15H17BrN2OS. The molecule has 1 saturated heterocycles. The van der Waals surface area contributed by atoms with Gasteiger partial charge >= 0.3 is 0 Å². The fourth-order valence-corrected chi connectivity index (χ4v) is 3.92. The van der Waals surface area contributed by atoms with Crippen molar-refractivity contribution in [1.82, 2.24) is 10.2 Å². The van der Waals surface area contributed by atoms with Crippen molar-refractivity contribution in [1.29, 1.82) is 0 Å². The summed E-state index contributed by atoms with van der Waals surface area (Å²) in [5, 5.41) is 15.8. The molecule has 0 radical (unpaired) electrons. The molecule has 2 N–H and O–H groups in total. The molecule has 0 amide bonds. The van der Waals surface area contributed by atoms with E-state index in [4.69, 9.17) is 0 Å². The van der Waals surface area contributed by atoms with Crippen LogP contribution in [0.1, 0.15) is 16.5 Å². The lowest BCUT2D eigenvalue weighted by atomic mass is 10.0. The van der Waals surface area contributed by atoms with E-state index in [0.29, 0.717) is 5.75 Å². The molecule has 2 aromatic rings. The molecule has 0 saturated carbocycles. The van der Waals surface area contributed by atoms with Gasteiger partial charge in [0.15, 0.2) is 0 Å². The standard InChI is InChI=1S/C15H17BrN2OS/c16-11-3-4-13(19)12(10-11)15(14-2-1-9-20-14)18-7-5-17-6-8-18/h1-4,9-10,15,17,19H,5-8H2/t15-/m0/s1. The molecule has 106 valence electrons. The lowest BCUT2D eigenvalue weighted by Gasteiger charge is -2.35. The zero-order valence-electron chi connectivity index (χ0n) is 11.1. The Bertz CT molecular complexity index is 567.